The van der Waals surface area contributed by atoms with Crippen molar-refractivity contribution in [2.24, 2.45) is 5.92 Å². The predicted octanol–water partition coefficient (Wildman–Crippen LogP) is 2.30. The first-order chi connectivity index (χ1) is 12.6. The quantitative estimate of drug-likeness (QED) is 0.905. The summed E-state index contributed by atoms with van der Waals surface area (Å²) in [6, 6.07) is 5.65. The molecule has 3 atom stereocenters. The van der Waals surface area contributed by atoms with Gasteiger partial charge in [0.1, 0.15) is 11.9 Å². The molecule has 0 radical (unpaired) electrons. The number of nitrogens with zero attached hydrogens (tertiary/aromatic N) is 3. The van der Waals surface area contributed by atoms with Gasteiger partial charge < -0.3 is 14.6 Å². The minimum atomic E-state index is -0.390. The Morgan fingerprint density at radius 3 is 3.08 bits per heavy atom. The van der Waals surface area contributed by atoms with Crippen molar-refractivity contribution in [2.75, 3.05) is 18.4 Å². The Kier molecular flexibility index (Phi) is 4.74. The number of hydrogen-bond donors (Lipinski definition) is 1. The maximum absolute atomic E-state index is 12.6. The molecule has 0 saturated carbocycles. The van der Waals surface area contributed by atoms with Crippen molar-refractivity contribution >= 4 is 11.6 Å². The maximum Gasteiger partial charge on any atom is 0.253 e. The number of pyridine rings is 1. The van der Waals surface area contributed by atoms with Crippen LogP contribution in [-0.4, -0.2) is 46.2 Å². The molecule has 2 aliphatic heterocycles. The summed E-state index contributed by atoms with van der Waals surface area (Å²) in [7, 11) is 0. The Hall–Kier alpha value is -2.25. The molecule has 2 saturated heterocycles. The van der Waals surface area contributed by atoms with Gasteiger partial charge in [-0.2, -0.15) is 0 Å². The molecule has 2 aromatic heterocycles. The monoisotopic (exact) mass is 356 g/mol. The van der Waals surface area contributed by atoms with Crippen LogP contribution in [-0.2, 0) is 16.1 Å². The zero-order valence-electron chi connectivity index (χ0n) is 15.1. The summed E-state index contributed by atoms with van der Waals surface area (Å²) in [5.41, 5.74) is 2.50. The molecule has 7 heteroatoms. The third-order valence-electron chi connectivity index (χ3n) is 5.26. The van der Waals surface area contributed by atoms with Crippen molar-refractivity contribution < 1.29 is 14.1 Å². The summed E-state index contributed by atoms with van der Waals surface area (Å²) in [5, 5.41) is 7.02. The van der Waals surface area contributed by atoms with Crippen LogP contribution in [0.4, 0.5) is 5.69 Å². The van der Waals surface area contributed by atoms with E-state index in [0.29, 0.717) is 5.92 Å². The predicted molar refractivity (Wildman–Crippen MR) is 95.5 cm³/mol. The first kappa shape index (κ1) is 17.2. The maximum atomic E-state index is 12.6. The summed E-state index contributed by atoms with van der Waals surface area (Å²) >= 11 is 0. The lowest BCUT2D eigenvalue weighted by atomic mass is 9.91. The SMILES string of the molecule is Cc1cc(CN2CC[C@H]3C[C@H](C(=O)Nc4cccnc4C)O[C@H]3C2)no1. The fourth-order valence-corrected chi connectivity index (χ4v) is 3.86. The molecule has 4 rings (SSSR count). The smallest absolute Gasteiger partial charge is 0.253 e. The van der Waals surface area contributed by atoms with E-state index in [0.717, 1.165) is 55.3 Å². The highest BCUT2D eigenvalue weighted by Gasteiger charge is 2.42. The van der Waals surface area contributed by atoms with Gasteiger partial charge in [0, 0.05) is 25.4 Å². The molecule has 0 spiro atoms. The number of carbonyl (C=O) groups excluding carboxylic acids is 1. The van der Waals surface area contributed by atoms with Gasteiger partial charge >= 0.3 is 0 Å². The van der Waals surface area contributed by atoms with Crippen molar-refractivity contribution in [1.82, 2.24) is 15.0 Å². The number of likely N-dealkylation sites (tertiary alicyclic amines) is 1. The number of hydrogen-bond acceptors (Lipinski definition) is 6. The summed E-state index contributed by atoms with van der Waals surface area (Å²) in [5.74, 6) is 1.19. The summed E-state index contributed by atoms with van der Waals surface area (Å²) in [4.78, 5) is 19.1. The molecule has 1 amide bonds. The highest BCUT2D eigenvalue weighted by Crippen LogP contribution is 2.34. The van der Waals surface area contributed by atoms with Crippen molar-refractivity contribution in [3.63, 3.8) is 0 Å². The zero-order chi connectivity index (χ0) is 18.1. The number of anilines is 1. The molecule has 2 aliphatic rings. The number of carbonyl (C=O) groups is 1. The van der Waals surface area contributed by atoms with Crippen LogP contribution in [0.25, 0.3) is 0 Å². The van der Waals surface area contributed by atoms with Crippen LogP contribution in [0.2, 0.25) is 0 Å². The fourth-order valence-electron chi connectivity index (χ4n) is 3.86. The van der Waals surface area contributed by atoms with Crippen LogP contribution < -0.4 is 5.32 Å². The Labute approximate surface area is 152 Å². The minimum absolute atomic E-state index is 0.0748. The average molecular weight is 356 g/mol. The molecule has 26 heavy (non-hydrogen) atoms. The number of aryl methyl sites for hydroxylation is 2. The van der Waals surface area contributed by atoms with Crippen molar-refractivity contribution in [1.29, 1.82) is 0 Å². The van der Waals surface area contributed by atoms with Crippen LogP contribution in [0.15, 0.2) is 28.9 Å². The number of fused-ring (bicyclic) bond motifs is 1. The second-order valence-corrected chi connectivity index (χ2v) is 7.24. The molecule has 0 unspecified atom stereocenters. The molecule has 0 aromatic carbocycles. The van der Waals surface area contributed by atoms with E-state index in [2.05, 4.69) is 20.4 Å². The van der Waals surface area contributed by atoms with E-state index in [1.54, 1.807) is 6.20 Å². The highest BCUT2D eigenvalue weighted by molar-refractivity contribution is 5.94. The Balaban J connectivity index is 1.34. The van der Waals surface area contributed by atoms with E-state index in [4.69, 9.17) is 9.26 Å². The van der Waals surface area contributed by atoms with Crippen LogP contribution in [0.5, 0.6) is 0 Å². The molecular formula is C19H24N4O3. The molecule has 2 aromatic rings. The van der Waals surface area contributed by atoms with Gasteiger partial charge in [0.05, 0.1) is 23.2 Å². The van der Waals surface area contributed by atoms with Crippen molar-refractivity contribution in [3.05, 3.63) is 41.5 Å². The van der Waals surface area contributed by atoms with Crippen LogP contribution >= 0.6 is 0 Å². The first-order valence-corrected chi connectivity index (χ1v) is 9.11. The van der Waals surface area contributed by atoms with Gasteiger partial charge in [-0.3, -0.25) is 14.7 Å². The van der Waals surface area contributed by atoms with Gasteiger partial charge in [-0.05, 0) is 51.3 Å². The molecule has 7 nitrogen and oxygen atoms in total. The molecular weight excluding hydrogens is 332 g/mol. The minimum Gasteiger partial charge on any atom is -0.364 e. The van der Waals surface area contributed by atoms with Gasteiger partial charge in [0.2, 0.25) is 0 Å². The van der Waals surface area contributed by atoms with Crippen LogP contribution in [0.3, 0.4) is 0 Å². The summed E-state index contributed by atoms with van der Waals surface area (Å²) < 4.78 is 11.2. The zero-order valence-corrected chi connectivity index (χ0v) is 15.1. The third kappa shape index (κ3) is 3.64. The first-order valence-electron chi connectivity index (χ1n) is 9.11. The Bertz CT molecular complexity index is 791. The standard InChI is InChI=1S/C19H24N4O3/c1-12-8-15(22-26-12)10-23-7-5-14-9-17(25-18(14)11-23)19(24)21-16-4-3-6-20-13(16)2/h3-4,6,8,14,17-18H,5,7,9-11H2,1-2H3,(H,21,24)/t14-,17+,18-/m0/s1. The Morgan fingerprint density at radius 2 is 2.31 bits per heavy atom. The molecule has 1 N–H and O–H groups in total. The second-order valence-electron chi connectivity index (χ2n) is 7.24. The Morgan fingerprint density at radius 1 is 1.42 bits per heavy atom. The number of ether oxygens (including phenoxy) is 1. The summed E-state index contributed by atoms with van der Waals surface area (Å²) in [6.45, 7) is 6.36. The summed E-state index contributed by atoms with van der Waals surface area (Å²) in [6.07, 6.45) is 3.25. The van der Waals surface area contributed by atoms with Gasteiger partial charge in [-0.1, -0.05) is 5.16 Å². The normalized spacial score (nSPS) is 25.8. The average Bonchev–Trinajstić information content (AvgIpc) is 3.22. The van der Waals surface area contributed by atoms with Crippen LogP contribution in [0, 0.1) is 19.8 Å². The number of aromatic nitrogens is 2. The molecule has 138 valence electrons. The topological polar surface area (TPSA) is 80.5 Å². The van der Waals surface area contributed by atoms with E-state index in [9.17, 15) is 4.79 Å². The van der Waals surface area contributed by atoms with E-state index >= 15 is 0 Å². The van der Waals surface area contributed by atoms with E-state index < -0.39 is 0 Å². The number of amides is 1. The molecule has 0 aliphatic carbocycles. The number of nitrogens with one attached hydrogen (secondary N) is 1. The molecule has 0 bridgehead atoms. The van der Waals surface area contributed by atoms with Gasteiger partial charge in [0.25, 0.3) is 5.91 Å². The van der Waals surface area contributed by atoms with E-state index in [-0.39, 0.29) is 18.1 Å². The number of piperidine rings is 1. The van der Waals surface area contributed by atoms with Gasteiger partial charge in [-0.15, -0.1) is 0 Å². The van der Waals surface area contributed by atoms with Gasteiger partial charge in [-0.25, -0.2) is 0 Å². The van der Waals surface area contributed by atoms with Crippen molar-refractivity contribution in [3.8, 4) is 0 Å². The van der Waals surface area contributed by atoms with Crippen LogP contribution in [0.1, 0.15) is 30.0 Å². The van der Waals surface area contributed by atoms with E-state index in [1.807, 2.05) is 32.0 Å². The van der Waals surface area contributed by atoms with Gasteiger partial charge in [0.15, 0.2) is 0 Å². The third-order valence-corrected chi connectivity index (χ3v) is 5.26. The lowest BCUT2D eigenvalue weighted by molar-refractivity contribution is -0.127. The van der Waals surface area contributed by atoms with Crippen molar-refractivity contribution in [2.45, 2.75) is 45.4 Å². The lowest BCUT2D eigenvalue weighted by Gasteiger charge is -2.33. The molecule has 4 heterocycles. The number of rotatable bonds is 4. The van der Waals surface area contributed by atoms with E-state index in [1.165, 1.54) is 0 Å². The lowest BCUT2D eigenvalue weighted by Crippen LogP contribution is -2.42. The highest BCUT2D eigenvalue weighted by atomic mass is 16.5. The fraction of sp³-hybridized carbons (Fsp3) is 0.526. The molecule has 2 fully saturated rings. The second kappa shape index (κ2) is 7.17. The largest absolute Gasteiger partial charge is 0.364 e.